The van der Waals surface area contributed by atoms with E-state index in [1.807, 2.05) is 31.2 Å². The van der Waals surface area contributed by atoms with Gasteiger partial charge in [0.15, 0.2) is 9.84 Å². The summed E-state index contributed by atoms with van der Waals surface area (Å²) in [5.41, 5.74) is 3.10. The first kappa shape index (κ1) is 15.7. The molecule has 2 N–H and O–H groups in total. The van der Waals surface area contributed by atoms with Gasteiger partial charge in [0.2, 0.25) is 0 Å². The maximum atomic E-state index is 12.2. The van der Waals surface area contributed by atoms with Crippen molar-refractivity contribution in [1.29, 1.82) is 0 Å². The fraction of sp³-hybridized carbons (Fsp3) is 0.375. The highest BCUT2D eigenvalue weighted by Crippen LogP contribution is 2.18. The van der Waals surface area contributed by atoms with Crippen molar-refractivity contribution in [2.45, 2.75) is 25.8 Å². The molecule has 1 amide bonds. The van der Waals surface area contributed by atoms with Crippen LogP contribution in [0.15, 0.2) is 30.3 Å². The van der Waals surface area contributed by atoms with E-state index in [1.165, 1.54) is 0 Å². The third-order valence-electron chi connectivity index (χ3n) is 3.97. The van der Waals surface area contributed by atoms with E-state index in [4.69, 9.17) is 0 Å². The summed E-state index contributed by atoms with van der Waals surface area (Å²) in [6.45, 7) is 2.01. The van der Waals surface area contributed by atoms with E-state index in [1.54, 1.807) is 6.07 Å². The number of nitrogens with zero attached hydrogens (tertiary/aromatic N) is 1. The highest BCUT2D eigenvalue weighted by atomic mass is 32.2. The molecule has 1 aliphatic rings. The van der Waals surface area contributed by atoms with E-state index in [9.17, 15) is 13.2 Å². The maximum Gasteiger partial charge on any atom is 0.269 e. The van der Waals surface area contributed by atoms with Crippen LogP contribution >= 0.6 is 0 Å². The van der Waals surface area contributed by atoms with Gasteiger partial charge in [-0.15, -0.1) is 0 Å². The second-order valence-corrected chi connectivity index (χ2v) is 8.19. The van der Waals surface area contributed by atoms with E-state index in [0.717, 1.165) is 11.1 Å². The summed E-state index contributed by atoms with van der Waals surface area (Å²) >= 11 is 0. The predicted molar refractivity (Wildman–Crippen MR) is 87.9 cm³/mol. The van der Waals surface area contributed by atoms with Crippen LogP contribution in [0, 0.1) is 6.92 Å². The Labute approximate surface area is 135 Å². The van der Waals surface area contributed by atoms with Crippen molar-refractivity contribution in [1.82, 2.24) is 15.5 Å². The lowest BCUT2D eigenvalue weighted by Crippen LogP contribution is -2.43. The summed E-state index contributed by atoms with van der Waals surface area (Å²) in [6, 6.07) is 9.21. The van der Waals surface area contributed by atoms with Gasteiger partial charge in [0, 0.05) is 11.6 Å². The van der Waals surface area contributed by atoms with Crippen molar-refractivity contribution >= 4 is 15.7 Å². The van der Waals surface area contributed by atoms with Gasteiger partial charge in [0.05, 0.1) is 17.2 Å². The van der Waals surface area contributed by atoms with Gasteiger partial charge < -0.3 is 5.32 Å². The number of nitrogens with one attached hydrogen (secondary N) is 2. The predicted octanol–water partition coefficient (Wildman–Crippen LogP) is 1.69. The number of aromatic amines is 1. The molecule has 1 atom stereocenters. The molecule has 23 heavy (non-hydrogen) atoms. The molecule has 0 bridgehead atoms. The number of aryl methyl sites for hydroxylation is 1. The lowest BCUT2D eigenvalue weighted by atomic mass is 10.1. The summed E-state index contributed by atoms with van der Waals surface area (Å²) in [5.74, 6) is -0.100. The zero-order chi connectivity index (χ0) is 16.4. The Balaban J connectivity index is 1.70. The van der Waals surface area contributed by atoms with Gasteiger partial charge in [0.25, 0.3) is 5.91 Å². The number of aromatic nitrogens is 2. The van der Waals surface area contributed by atoms with Crippen LogP contribution in [0.3, 0.4) is 0 Å². The van der Waals surface area contributed by atoms with E-state index in [-0.39, 0.29) is 23.5 Å². The molecule has 1 aliphatic heterocycles. The van der Waals surface area contributed by atoms with Crippen LogP contribution in [0.5, 0.6) is 0 Å². The third-order valence-corrected chi connectivity index (χ3v) is 5.79. The monoisotopic (exact) mass is 333 g/mol. The molecule has 2 heterocycles. The summed E-state index contributed by atoms with van der Waals surface area (Å²) in [5, 5.41) is 9.65. The van der Waals surface area contributed by atoms with E-state index in [2.05, 4.69) is 15.5 Å². The number of benzene rings is 1. The fourth-order valence-electron chi connectivity index (χ4n) is 2.71. The molecular formula is C16H19N3O3S. The van der Waals surface area contributed by atoms with Crippen molar-refractivity contribution in [3.8, 4) is 11.3 Å². The van der Waals surface area contributed by atoms with Gasteiger partial charge >= 0.3 is 0 Å². The molecule has 3 rings (SSSR count). The van der Waals surface area contributed by atoms with Crippen LogP contribution in [0.1, 0.15) is 28.9 Å². The minimum Gasteiger partial charge on any atom is -0.347 e. The number of hydrogen-bond donors (Lipinski definition) is 2. The van der Waals surface area contributed by atoms with Crippen molar-refractivity contribution in [2.75, 3.05) is 11.5 Å². The van der Waals surface area contributed by atoms with Gasteiger partial charge in [-0.25, -0.2) is 8.42 Å². The molecule has 0 aliphatic carbocycles. The molecule has 1 unspecified atom stereocenters. The number of carbonyl (C=O) groups is 1. The Morgan fingerprint density at radius 3 is 2.74 bits per heavy atom. The topological polar surface area (TPSA) is 91.9 Å². The number of sulfone groups is 1. The van der Waals surface area contributed by atoms with Gasteiger partial charge in [-0.05, 0) is 25.8 Å². The molecule has 6 nitrogen and oxygen atoms in total. The highest BCUT2D eigenvalue weighted by Gasteiger charge is 2.26. The number of amides is 1. The normalized spacial score (nSPS) is 20.1. The smallest absolute Gasteiger partial charge is 0.269 e. The first-order valence-electron chi connectivity index (χ1n) is 7.57. The van der Waals surface area contributed by atoms with E-state index >= 15 is 0 Å². The van der Waals surface area contributed by atoms with Gasteiger partial charge in [-0.3, -0.25) is 9.89 Å². The average molecular weight is 333 g/mol. The molecular weight excluding hydrogens is 314 g/mol. The zero-order valence-corrected chi connectivity index (χ0v) is 13.7. The van der Waals surface area contributed by atoms with Crippen molar-refractivity contribution in [2.24, 2.45) is 0 Å². The van der Waals surface area contributed by atoms with Crippen molar-refractivity contribution in [3.05, 3.63) is 41.6 Å². The first-order valence-corrected chi connectivity index (χ1v) is 9.39. The van der Waals surface area contributed by atoms with E-state index < -0.39 is 9.84 Å². The zero-order valence-electron chi connectivity index (χ0n) is 12.9. The van der Waals surface area contributed by atoms with Crippen molar-refractivity contribution < 1.29 is 13.2 Å². The summed E-state index contributed by atoms with van der Waals surface area (Å²) in [4.78, 5) is 12.2. The average Bonchev–Trinajstić information content (AvgIpc) is 2.97. The largest absolute Gasteiger partial charge is 0.347 e. The van der Waals surface area contributed by atoms with Gasteiger partial charge in [-0.1, -0.05) is 29.8 Å². The Morgan fingerprint density at radius 2 is 2.04 bits per heavy atom. The summed E-state index contributed by atoms with van der Waals surface area (Å²) in [7, 11) is -3.04. The number of H-pyrrole nitrogens is 1. The quantitative estimate of drug-likeness (QED) is 0.894. The summed E-state index contributed by atoms with van der Waals surface area (Å²) < 4.78 is 23.2. The number of rotatable bonds is 3. The molecule has 1 fully saturated rings. The van der Waals surface area contributed by atoms with E-state index in [0.29, 0.717) is 24.2 Å². The molecule has 122 valence electrons. The molecule has 1 saturated heterocycles. The molecule has 0 spiro atoms. The second kappa shape index (κ2) is 6.16. The first-order chi connectivity index (χ1) is 10.9. The lowest BCUT2D eigenvalue weighted by molar-refractivity contribution is 0.0933. The number of hydrogen-bond acceptors (Lipinski definition) is 4. The standard InChI is InChI=1S/C16H19N3O3S/c1-11-4-6-12(7-5-11)14-9-15(19-18-14)16(20)17-13-3-2-8-23(21,22)10-13/h4-7,9,13H,2-3,8,10H2,1H3,(H,17,20)(H,18,19). The lowest BCUT2D eigenvalue weighted by Gasteiger charge is -2.22. The van der Waals surface area contributed by atoms with Crippen LogP contribution in [-0.2, 0) is 9.84 Å². The maximum absolute atomic E-state index is 12.2. The van der Waals surface area contributed by atoms with Crippen LogP contribution in [0.25, 0.3) is 11.3 Å². The molecule has 0 radical (unpaired) electrons. The Kier molecular flexibility index (Phi) is 4.21. The van der Waals surface area contributed by atoms with Crippen LogP contribution in [0.4, 0.5) is 0 Å². The molecule has 1 aromatic heterocycles. The third kappa shape index (κ3) is 3.79. The SMILES string of the molecule is Cc1ccc(-c2cc(C(=O)NC3CCCS(=O)(=O)C3)[nH]n2)cc1. The Hall–Kier alpha value is -2.15. The van der Waals surface area contributed by atoms with Gasteiger partial charge in [-0.2, -0.15) is 5.10 Å². The Bertz CT molecular complexity index is 809. The minimum atomic E-state index is -3.04. The van der Waals surface area contributed by atoms with Crippen molar-refractivity contribution in [3.63, 3.8) is 0 Å². The van der Waals surface area contributed by atoms with Crippen LogP contribution in [0.2, 0.25) is 0 Å². The van der Waals surface area contributed by atoms with Gasteiger partial charge in [0.1, 0.15) is 5.69 Å². The molecule has 0 saturated carbocycles. The fourth-order valence-corrected chi connectivity index (χ4v) is 4.35. The molecule has 7 heteroatoms. The van der Waals surface area contributed by atoms with Crippen LogP contribution in [-0.4, -0.2) is 42.1 Å². The van der Waals surface area contributed by atoms with Crippen LogP contribution < -0.4 is 5.32 Å². The minimum absolute atomic E-state index is 0.0116. The molecule has 1 aromatic carbocycles. The highest BCUT2D eigenvalue weighted by molar-refractivity contribution is 7.91. The second-order valence-electron chi connectivity index (χ2n) is 5.96. The number of carbonyl (C=O) groups excluding carboxylic acids is 1. The molecule has 2 aromatic rings. The Morgan fingerprint density at radius 1 is 1.30 bits per heavy atom. The summed E-state index contributed by atoms with van der Waals surface area (Å²) in [6.07, 6.45) is 1.27.